The molecule has 32 heavy (non-hydrogen) atoms. The molecular formula is C25H18Cl2N2O2S. The number of amides is 1. The number of oxazole rings is 1. The van der Waals surface area contributed by atoms with Crippen LogP contribution in [0.3, 0.4) is 0 Å². The lowest BCUT2D eigenvalue weighted by Crippen LogP contribution is -2.11. The maximum atomic E-state index is 13.0. The van der Waals surface area contributed by atoms with Gasteiger partial charge in [-0.05, 0) is 60.9 Å². The smallest absolute Gasteiger partial charge is 0.267 e. The van der Waals surface area contributed by atoms with Crippen molar-refractivity contribution in [2.45, 2.75) is 20.3 Å². The van der Waals surface area contributed by atoms with Crippen molar-refractivity contribution in [3.63, 3.8) is 0 Å². The van der Waals surface area contributed by atoms with Crippen molar-refractivity contribution >= 4 is 67.3 Å². The van der Waals surface area contributed by atoms with Crippen molar-refractivity contribution in [2.24, 2.45) is 0 Å². The van der Waals surface area contributed by atoms with Crippen LogP contribution in [0, 0.1) is 6.92 Å². The summed E-state index contributed by atoms with van der Waals surface area (Å²) in [6.07, 6.45) is 0.936. The topological polar surface area (TPSA) is 55.1 Å². The molecular weight excluding hydrogens is 463 g/mol. The van der Waals surface area contributed by atoms with Gasteiger partial charge in [0.1, 0.15) is 10.4 Å². The fourth-order valence-corrected chi connectivity index (χ4v) is 5.26. The molecule has 0 aliphatic heterocycles. The van der Waals surface area contributed by atoms with E-state index in [-0.39, 0.29) is 5.91 Å². The maximum Gasteiger partial charge on any atom is 0.267 e. The van der Waals surface area contributed by atoms with E-state index in [9.17, 15) is 4.79 Å². The highest BCUT2D eigenvalue weighted by molar-refractivity contribution is 7.21. The summed E-state index contributed by atoms with van der Waals surface area (Å²) in [4.78, 5) is 18.1. The number of benzene rings is 3. The zero-order chi connectivity index (χ0) is 22.4. The van der Waals surface area contributed by atoms with E-state index in [1.54, 1.807) is 6.07 Å². The number of carbonyl (C=O) groups is 1. The first-order valence-corrected chi connectivity index (χ1v) is 11.7. The molecule has 5 rings (SSSR count). The zero-order valence-corrected chi connectivity index (χ0v) is 19.7. The third-order valence-electron chi connectivity index (χ3n) is 5.39. The third kappa shape index (κ3) is 3.77. The fraction of sp³-hybridized carbons (Fsp3) is 0.120. The molecule has 5 aromatic rings. The molecule has 0 radical (unpaired) electrons. The van der Waals surface area contributed by atoms with Crippen molar-refractivity contribution in [1.82, 2.24) is 4.98 Å². The lowest BCUT2D eigenvalue weighted by Gasteiger charge is -2.09. The molecule has 3 aromatic carbocycles. The van der Waals surface area contributed by atoms with Gasteiger partial charge in [-0.1, -0.05) is 48.3 Å². The second kappa shape index (κ2) is 8.24. The Balaban J connectivity index is 1.48. The summed E-state index contributed by atoms with van der Waals surface area (Å²) in [5.41, 5.74) is 5.15. The molecule has 1 amide bonds. The SMILES string of the molecule is CCc1ccc2oc(-c3ccc(C)c(NC(=O)c4sc5cc(Cl)ccc5c4Cl)c3)nc2c1. The van der Waals surface area contributed by atoms with Gasteiger partial charge in [-0.3, -0.25) is 4.79 Å². The zero-order valence-electron chi connectivity index (χ0n) is 17.3. The second-order valence-corrected chi connectivity index (χ2v) is 9.41. The van der Waals surface area contributed by atoms with E-state index in [1.807, 2.05) is 55.5 Å². The van der Waals surface area contributed by atoms with Gasteiger partial charge in [0.25, 0.3) is 5.91 Å². The lowest BCUT2D eigenvalue weighted by atomic mass is 10.1. The number of hydrogen-bond acceptors (Lipinski definition) is 4. The summed E-state index contributed by atoms with van der Waals surface area (Å²) in [6, 6.07) is 17.2. The Hall–Kier alpha value is -2.86. The first kappa shape index (κ1) is 21.0. The van der Waals surface area contributed by atoms with Crippen molar-refractivity contribution in [2.75, 3.05) is 5.32 Å². The Labute approximate surface area is 198 Å². The van der Waals surface area contributed by atoms with E-state index in [0.29, 0.717) is 26.5 Å². The number of nitrogens with zero attached hydrogens (tertiary/aromatic N) is 1. The largest absolute Gasteiger partial charge is 0.436 e. The van der Waals surface area contributed by atoms with Crippen LogP contribution >= 0.6 is 34.5 Å². The number of halogens is 2. The molecule has 0 unspecified atom stereocenters. The number of aryl methyl sites for hydroxylation is 2. The van der Waals surface area contributed by atoms with Crippen LogP contribution in [0.2, 0.25) is 10.0 Å². The number of hydrogen-bond donors (Lipinski definition) is 1. The van der Waals surface area contributed by atoms with Gasteiger partial charge in [0.05, 0.1) is 5.02 Å². The molecule has 0 saturated carbocycles. The minimum absolute atomic E-state index is 0.266. The Morgan fingerprint density at radius 1 is 1.09 bits per heavy atom. The number of fused-ring (bicyclic) bond motifs is 2. The molecule has 0 bridgehead atoms. The summed E-state index contributed by atoms with van der Waals surface area (Å²) in [5.74, 6) is 0.246. The Kier molecular flexibility index (Phi) is 5.41. The summed E-state index contributed by atoms with van der Waals surface area (Å²) in [6.45, 7) is 4.04. The second-order valence-electron chi connectivity index (χ2n) is 7.54. The van der Waals surface area contributed by atoms with E-state index < -0.39 is 0 Å². The van der Waals surface area contributed by atoms with Gasteiger partial charge in [-0.2, -0.15) is 0 Å². The van der Waals surface area contributed by atoms with Crippen LogP contribution in [0.25, 0.3) is 32.6 Å². The Bertz CT molecular complexity index is 1500. The molecule has 4 nitrogen and oxygen atoms in total. The summed E-state index contributed by atoms with van der Waals surface area (Å²) < 4.78 is 6.82. The Morgan fingerprint density at radius 3 is 2.75 bits per heavy atom. The normalized spacial score (nSPS) is 11.4. The molecule has 2 aromatic heterocycles. The molecule has 1 N–H and O–H groups in total. The van der Waals surface area contributed by atoms with Gasteiger partial charge < -0.3 is 9.73 Å². The molecule has 0 fully saturated rings. The highest BCUT2D eigenvalue weighted by Gasteiger charge is 2.19. The first-order valence-electron chi connectivity index (χ1n) is 10.1. The molecule has 7 heteroatoms. The summed E-state index contributed by atoms with van der Waals surface area (Å²) in [5, 5.41) is 4.84. The van der Waals surface area contributed by atoms with Gasteiger partial charge in [-0.25, -0.2) is 4.98 Å². The van der Waals surface area contributed by atoms with E-state index in [1.165, 1.54) is 16.9 Å². The standard InChI is InChI=1S/C25H18Cl2N2O2S/c1-3-14-5-9-20-19(10-14)29-25(31-20)15-6-4-13(2)18(11-15)28-24(30)23-22(27)17-8-7-16(26)12-21(17)32-23/h4-12H,3H2,1-2H3,(H,28,30). The van der Waals surface area contributed by atoms with Gasteiger partial charge in [0, 0.05) is 26.4 Å². The third-order valence-corrected chi connectivity index (χ3v) is 7.28. The van der Waals surface area contributed by atoms with Crippen LogP contribution in [-0.2, 0) is 6.42 Å². The van der Waals surface area contributed by atoms with Crippen LogP contribution in [0.4, 0.5) is 5.69 Å². The predicted molar refractivity (Wildman–Crippen MR) is 133 cm³/mol. The predicted octanol–water partition coefficient (Wildman–Crippen LogP) is 8.14. The number of carbonyl (C=O) groups excluding carboxylic acids is 1. The van der Waals surface area contributed by atoms with Crippen LogP contribution in [-0.4, -0.2) is 10.9 Å². The molecule has 0 atom stereocenters. The van der Waals surface area contributed by atoms with Crippen molar-refractivity contribution in [1.29, 1.82) is 0 Å². The van der Waals surface area contributed by atoms with Crippen LogP contribution < -0.4 is 5.32 Å². The van der Waals surface area contributed by atoms with E-state index in [4.69, 9.17) is 27.6 Å². The van der Waals surface area contributed by atoms with Gasteiger partial charge in [0.2, 0.25) is 5.89 Å². The number of nitrogens with one attached hydrogen (secondary N) is 1. The fourth-order valence-electron chi connectivity index (χ4n) is 3.57. The maximum absolute atomic E-state index is 13.0. The average molecular weight is 481 g/mol. The van der Waals surface area contributed by atoms with E-state index in [2.05, 4.69) is 17.2 Å². The van der Waals surface area contributed by atoms with Crippen LogP contribution in [0.5, 0.6) is 0 Å². The first-order chi connectivity index (χ1) is 15.4. The number of anilines is 1. The molecule has 160 valence electrons. The monoisotopic (exact) mass is 480 g/mol. The molecule has 0 saturated heterocycles. The van der Waals surface area contributed by atoms with Crippen LogP contribution in [0.15, 0.2) is 59.0 Å². The highest BCUT2D eigenvalue weighted by atomic mass is 35.5. The minimum atomic E-state index is -0.266. The summed E-state index contributed by atoms with van der Waals surface area (Å²) in [7, 11) is 0. The van der Waals surface area contributed by atoms with E-state index in [0.717, 1.165) is 38.7 Å². The van der Waals surface area contributed by atoms with Crippen LogP contribution in [0.1, 0.15) is 27.7 Å². The molecule has 0 aliphatic rings. The number of aromatic nitrogens is 1. The highest BCUT2D eigenvalue weighted by Crippen LogP contribution is 2.37. The number of rotatable bonds is 4. The van der Waals surface area contributed by atoms with Crippen molar-refractivity contribution in [3.8, 4) is 11.5 Å². The Morgan fingerprint density at radius 2 is 1.94 bits per heavy atom. The minimum Gasteiger partial charge on any atom is -0.436 e. The van der Waals surface area contributed by atoms with E-state index >= 15 is 0 Å². The molecule has 0 aliphatic carbocycles. The lowest BCUT2D eigenvalue weighted by molar-refractivity contribution is 0.103. The average Bonchev–Trinajstić information content (AvgIpc) is 3.35. The van der Waals surface area contributed by atoms with Gasteiger partial charge in [-0.15, -0.1) is 11.3 Å². The van der Waals surface area contributed by atoms with Gasteiger partial charge in [0.15, 0.2) is 5.58 Å². The molecule has 2 heterocycles. The quantitative estimate of drug-likeness (QED) is 0.282. The van der Waals surface area contributed by atoms with Gasteiger partial charge >= 0.3 is 0 Å². The van der Waals surface area contributed by atoms with Crippen molar-refractivity contribution < 1.29 is 9.21 Å². The van der Waals surface area contributed by atoms with Crippen molar-refractivity contribution in [3.05, 3.63) is 80.6 Å². The number of thiophene rings is 1. The molecule has 0 spiro atoms. The summed E-state index contributed by atoms with van der Waals surface area (Å²) >= 11 is 13.9.